The average molecular weight is 307 g/mol. The zero-order chi connectivity index (χ0) is 15.2. The summed E-state index contributed by atoms with van der Waals surface area (Å²) in [6, 6.07) is 1.76. The fourth-order valence-corrected chi connectivity index (χ4v) is 1.95. The summed E-state index contributed by atoms with van der Waals surface area (Å²) in [6.45, 7) is 3.76. The lowest BCUT2D eigenvalue weighted by Gasteiger charge is -2.10. The highest BCUT2D eigenvalue weighted by atomic mass is 32.2. The zero-order valence-corrected chi connectivity index (χ0v) is 11.3. The largest absolute Gasteiger partial charge is 0.416 e. The second kappa shape index (κ2) is 7.33. The molecular weight excluding hydrogens is 294 g/mol. The Morgan fingerprint density at radius 3 is 2.70 bits per heavy atom. The number of rotatable bonds is 6. The first-order chi connectivity index (χ1) is 9.36. The molecule has 1 rings (SSSR count). The van der Waals surface area contributed by atoms with Gasteiger partial charge in [-0.05, 0) is 18.2 Å². The Hall–Kier alpha value is -1.50. The van der Waals surface area contributed by atoms with E-state index < -0.39 is 29.0 Å². The van der Waals surface area contributed by atoms with Crippen LogP contribution in [0, 0.1) is 5.82 Å². The van der Waals surface area contributed by atoms with Crippen LogP contribution >= 0.6 is 11.8 Å². The van der Waals surface area contributed by atoms with Crippen molar-refractivity contribution in [2.24, 2.45) is 0 Å². The summed E-state index contributed by atoms with van der Waals surface area (Å²) in [4.78, 5) is 11.6. The van der Waals surface area contributed by atoms with Gasteiger partial charge in [-0.1, -0.05) is 6.08 Å². The topological polar surface area (TPSA) is 29.1 Å². The third kappa shape index (κ3) is 4.88. The molecule has 0 unspecified atom stereocenters. The fraction of sp³-hybridized carbons (Fsp3) is 0.308. The third-order valence-electron chi connectivity index (χ3n) is 2.31. The van der Waals surface area contributed by atoms with Gasteiger partial charge in [0.15, 0.2) is 0 Å². The summed E-state index contributed by atoms with van der Waals surface area (Å²) in [6.07, 6.45) is -2.92. The number of carbonyl (C=O) groups is 1. The molecule has 110 valence electrons. The number of benzene rings is 1. The van der Waals surface area contributed by atoms with Gasteiger partial charge in [-0.15, -0.1) is 6.58 Å². The smallest absolute Gasteiger partial charge is 0.351 e. The molecule has 0 aliphatic heterocycles. The van der Waals surface area contributed by atoms with Gasteiger partial charge >= 0.3 is 6.18 Å². The van der Waals surface area contributed by atoms with Crippen molar-refractivity contribution in [1.29, 1.82) is 0 Å². The number of hydrogen-bond acceptors (Lipinski definition) is 2. The van der Waals surface area contributed by atoms with Gasteiger partial charge in [0, 0.05) is 18.1 Å². The molecule has 0 fully saturated rings. The van der Waals surface area contributed by atoms with Gasteiger partial charge in [0.25, 0.3) is 5.91 Å². The molecule has 20 heavy (non-hydrogen) atoms. The molecule has 0 saturated carbocycles. The van der Waals surface area contributed by atoms with Crippen molar-refractivity contribution < 1.29 is 22.4 Å². The van der Waals surface area contributed by atoms with Gasteiger partial charge in [0.2, 0.25) is 0 Å². The van der Waals surface area contributed by atoms with Crippen LogP contribution in [0.4, 0.5) is 17.6 Å². The van der Waals surface area contributed by atoms with Crippen LogP contribution in [0.5, 0.6) is 0 Å². The van der Waals surface area contributed by atoms with E-state index in [0.29, 0.717) is 29.7 Å². The molecule has 7 heteroatoms. The van der Waals surface area contributed by atoms with E-state index in [0.717, 1.165) is 0 Å². The molecule has 0 bridgehead atoms. The molecular formula is C13H13F4NOS. The minimum atomic E-state index is -4.61. The molecule has 1 aromatic carbocycles. The normalized spacial score (nSPS) is 11.2. The first-order valence-electron chi connectivity index (χ1n) is 5.70. The number of carbonyl (C=O) groups excluding carboxylic acids is 1. The van der Waals surface area contributed by atoms with Crippen molar-refractivity contribution in [3.05, 3.63) is 47.8 Å². The lowest BCUT2D eigenvalue weighted by Crippen LogP contribution is -2.27. The van der Waals surface area contributed by atoms with Crippen LogP contribution in [-0.4, -0.2) is 24.0 Å². The Morgan fingerprint density at radius 2 is 2.10 bits per heavy atom. The maximum absolute atomic E-state index is 13.4. The first kappa shape index (κ1) is 16.6. The molecule has 0 aliphatic rings. The van der Waals surface area contributed by atoms with Crippen LogP contribution < -0.4 is 5.32 Å². The molecule has 0 radical (unpaired) electrons. The molecule has 0 atom stereocenters. The Morgan fingerprint density at radius 1 is 1.40 bits per heavy atom. The molecule has 1 aromatic rings. The number of alkyl halides is 3. The summed E-state index contributed by atoms with van der Waals surface area (Å²) in [5.74, 6) is -0.561. The standard InChI is InChI=1S/C13H13F4NOS/c1-2-6-20-7-5-18-12(19)10-8-9(13(15,16)17)3-4-11(10)14/h2-4,8H,1,5-7H2,(H,18,19). The number of thioether (sulfide) groups is 1. The van der Waals surface area contributed by atoms with Gasteiger partial charge in [0.05, 0.1) is 11.1 Å². The molecule has 0 aliphatic carbocycles. The van der Waals surface area contributed by atoms with Gasteiger partial charge in [-0.2, -0.15) is 24.9 Å². The van der Waals surface area contributed by atoms with E-state index in [1.807, 2.05) is 0 Å². The number of halogens is 4. The highest BCUT2D eigenvalue weighted by molar-refractivity contribution is 7.99. The van der Waals surface area contributed by atoms with E-state index in [2.05, 4.69) is 11.9 Å². The van der Waals surface area contributed by atoms with E-state index in [4.69, 9.17) is 0 Å². The molecule has 2 nitrogen and oxygen atoms in total. The monoisotopic (exact) mass is 307 g/mol. The Kier molecular flexibility index (Phi) is 6.06. The quantitative estimate of drug-likeness (QED) is 0.495. The summed E-state index contributed by atoms with van der Waals surface area (Å²) in [7, 11) is 0. The second-order valence-corrected chi connectivity index (χ2v) is 4.96. The van der Waals surface area contributed by atoms with Crippen LogP contribution in [0.25, 0.3) is 0 Å². The van der Waals surface area contributed by atoms with E-state index >= 15 is 0 Å². The molecule has 1 N–H and O–H groups in total. The van der Waals surface area contributed by atoms with Gasteiger partial charge < -0.3 is 5.32 Å². The van der Waals surface area contributed by atoms with E-state index in [-0.39, 0.29) is 6.54 Å². The molecule has 0 saturated heterocycles. The van der Waals surface area contributed by atoms with Crippen molar-refractivity contribution in [3.8, 4) is 0 Å². The lowest BCUT2D eigenvalue weighted by atomic mass is 10.1. The van der Waals surface area contributed by atoms with Crippen molar-refractivity contribution in [2.75, 3.05) is 18.1 Å². The second-order valence-electron chi connectivity index (χ2n) is 3.81. The van der Waals surface area contributed by atoms with Crippen LogP contribution in [0.2, 0.25) is 0 Å². The Bertz CT molecular complexity index is 488. The van der Waals surface area contributed by atoms with E-state index in [9.17, 15) is 22.4 Å². The molecule has 0 aromatic heterocycles. The highest BCUT2D eigenvalue weighted by Crippen LogP contribution is 2.30. The maximum atomic E-state index is 13.4. The van der Waals surface area contributed by atoms with E-state index in [1.165, 1.54) is 11.8 Å². The molecule has 0 spiro atoms. The van der Waals surface area contributed by atoms with Crippen LogP contribution in [-0.2, 0) is 6.18 Å². The van der Waals surface area contributed by atoms with Crippen LogP contribution in [0.1, 0.15) is 15.9 Å². The minimum Gasteiger partial charge on any atom is -0.351 e. The third-order valence-corrected chi connectivity index (χ3v) is 3.27. The SMILES string of the molecule is C=CCSCCNC(=O)c1cc(C(F)(F)F)ccc1F. The zero-order valence-electron chi connectivity index (χ0n) is 10.5. The number of hydrogen-bond donors (Lipinski definition) is 1. The summed E-state index contributed by atoms with van der Waals surface area (Å²) in [5.41, 5.74) is -1.65. The Labute approximate surface area is 118 Å². The summed E-state index contributed by atoms with van der Waals surface area (Å²) in [5, 5.41) is 2.38. The van der Waals surface area contributed by atoms with Crippen molar-refractivity contribution in [3.63, 3.8) is 0 Å². The van der Waals surface area contributed by atoms with Crippen molar-refractivity contribution >= 4 is 17.7 Å². The number of nitrogens with one attached hydrogen (secondary N) is 1. The van der Waals surface area contributed by atoms with E-state index in [1.54, 1.807) is 6.08 Å². The van der Waals surface area contributed by atoms with Crippen LogP contribution in [0.3, 0.4) is 0 Å². The van der Waals surface area contributed by atoms with Gasteiger partial charge in [-0.25, -0.2) is 4.39 Å². The van der Waals surface area contributed by atoms with Gasteiger partial charge in [-0.3, -0.25) is 4.79 Å². The summed E-state index contributed by atoms with van der Waals surface area (Å²) >= 11 is 1.50. The average Bonchev–Trinajstić information content (AvgIpc) is 2.37. The first-order valence-corrected chi connectivity index (χ1v) is 6.85. The van der Waals surface area contributed by atoms with Crippen LogP contribution in [0.15, 0.2) is 30.9 Å². The predicted molar refractivity (Wildman–Crippen MR) is 71.3 cm³/mol. The molecule has 0 heterocycles. The number of amides is 1. The van der Waals surface area contributed by atoms with Gasteiger partial charge in [0.1, 0.15) is 5.82 Å². The maximum Gasteiger partial charge on any atom is 0.416 e. The lowest BCUT2D eigenvalue weighted by molar-refractivity contribution is -0.137. The highest BCUT2D eigenvalue weighted by Gasteiger charge is 2.31. The Balaban J connectivity index is 2.70. The fourth-order valence-electron chi connectivity index (χ4n) is 1.37. The van der Waals surface area contributed by atoms with Crippen molar-refractivity contribution in [2.45, 2.75) is 6.18 Å². The summed E-state index contributed by atoms with van der Waals surface area (Å²) < 4.78 is 50.9. The molecule has 1 amide bonds. The predicted octanol–water partition coefficient (Wildman–Crippen LogP) is 3.49. The van der Waals surface area contributed by atoms with Crippen molar-refractivity contribution in [1.82, 2.24) is 5.32 Å². The minimum absolute atomic E-state index is 0.243.